The van der Waals surface area contributed by atoms with Gasteiger partial charge in [-0.2, -0.15) is 5.26 Å². The van der Waals surface area contributed by atoms with E-state index in [1.165, 1.54) is 7.11 Å². The minimum atomic E-state index is -0.480. The number of methoxy groups -OCH3 is 3. The summed E-state index contributed by atoms with van der Waals surface area (Å²) < 4.78 is 15.5. The molecule has 0 aliphatic rings. The Morgan fingerprint density at radius 1 is 1.04 bits per heavy atom. The Hall–Kier alpha value is -3.46. The summed E-state index contributed by atoms with van der Waals surface area (Å²) in [6.45, 7) is 0. The molecule has 2 aromatic carbocycles. The summed E-state index contributed by atoms with van der Waals surface area (Å²) in [4.78, 5) is 15.6. The van der Waals surface area contributed by atoms with Gasteiger partial charge in [-0.3, -0.25) is 0 Å². The normalized spacial score (nSPS) is 10.3. The summed E-state index contributed by atoms with van der Waals surface area (Å²) in [6, 6.07) is 12.6. The van der Waals surface area contributed by atoms with Crippen molar-refractivity contribution in [3.8, 4) is 28.8 Å². The van der Waals surface area contributed by atoms with Crippen molar-refractivity contribution in [2.75, 3.05) is 21.3 Å². The van der Waals surface area contributed by atoms with Crippen LogP contribution in [0.3, 0.4) is 0 Å². The number of hydrogen-bond acceptors (Lipinski definition) is 5. The smallest absolute Gasteiger partial charge is 0.340 e. The van der Waals surface area contributed by atoms with Crippen LogP contribution in [-0.4, -0.2) is 32.3 Å². The molecule has 0 saturated heterocycles. The van der Waals surface area contributed by atoms with E-state index in [4.69, 9.17) is 19.5 Å². The molecule has 0 amide bonds. The van der Waals surface area contributed by atoms with Crippen LogP contribution in [0.25, 0.3) is 22.2 Å². The molecule has 0 spiro atoms. The van der Waals surface area contributed by atoms with E-state index in [2.05, 4.69) is 11.1 Å². The van der Waals surface area contributed by atoms with Gasteiger partial charge in [0.2, 0.25) is 0 Å². The molecule has 1 N–H and O–H groups in total. The van der Waals surface area contributed by atoms with Gasteiger partial charge in [0.1, 0.15) is 0 Å². The van der Waals surface area contributed by atoms with E-state index in [1.807, 2.05) is 6.07 Å². The molecule has 0 radical (unpaired) electrons. The third-order valence-electron chi connectivity index (χ3n) is 3.99. The number of nitrogens with zero attached hydrogens (tertiary/aromatic N) is 1. The zero-order valence-electron chi connectivity index (χ0n) is 14.0. The quantitative estimate of drug-likeness (QED) is 0.737. The maximum atomic E-state index is 12.4. The first-order valence-electron chi connectivity index (χ1n) is 7.49. The monoisotopic (exact) mass is 336 g/mol. The molecule has 0 saturated carbocycles. The molecule has 0 fully saturated rings. The number of H-pyrrole nitrogens is 1. The van der Waals surface area contributed by atoms with Crippen molar-refractivity contribution in [2.24, 2.45) is 0 Å². The van der Waals surface area contributed by atoms with Gasteiger partial charge in [-0.25, -0.2) is 4.79 Å². The van der Waals surface area contributed by atoms with Crippen molar-refractivity contribution in [3.05, 3.63) is 47.5 Å². The van der Waals surface area contributed by atoms with Crippen LogP contribution >= 0.6 is 0 Å². The molecule has 1 aromatic heterocycles. The summed E-state index contributed by atoms with van der Waals surface area (Å²) in [5.41, 5.74) is 2.92. The number of fused-ring (bicyclic) bond motifs is 1. The molecule has 0 atom stereocenters. The molecule has 6 nitrogen and oxygen atoms in total. The second kappa shape index (κ2) is 6.57. The molecule has 25 heavy (non-hydrogen) atoms. The molecule has 126 valence electrons. The topological polar surface area (TPSA) is 84.3 Å². The first kappa shape index (κ1) is 16.4. The van der Waals surface area contributed by atoms with Crippen LogP contribution in [-0.2, 0) is 4.74 Å². The molecular weight excluding hydrogens is 320 g/mol. The second-order valence-electron chi connectivity index (χ2n) is 5.31. The number of carbonyl (C=O) groups is 1. The van der Waals surface area contributed by atoms with Gasteiger partial charge in [-0.1, -0.05) is 0 Å². The van der Waals surface area contributed by atoms with E-state index < -0.39 is 5.97 Å². The highest BCUT2D eigenvalue weighted by Gasteiger charge is 2.21. The third kappa shape index (κ3) is 2.76. The zero-order valence-corrected chi connectivity index (χ0v) is 14.0. The van der Waals surface area contributed by atoms with Crippen LogP contribution in [0.5, 0.6) is 11.5 Å². The number of rotatable bonds is 4. The fourth-order valence-electron chi connectivity index (χ4n) is 2.78. The second-order valence-corrected chi connectivity index (χ2v) is 5.31. The SMILES string of the molecule is COC(=O)c1c(-c2ccc(OC)c(OC)c2)[nH]c2ccc(C#N)cc12. The third-order valence-corrected chi connectivity index (χ3v) is 3.99. The van der Waals surface area contributed by atoms with Gasteiger partial charge in [0, 0.05) is 16.5 Å². The average Bonchev–Trinajstić information content (AvgIpc) is 3.05. The van der Waals surface area contributed by atoms with Crippen LogP contribution in [0.1, 0.15) is 15.9 Å². The van der Waals surface area contributed by atoms with Gasteiger partial charge in [0.05, 0.1) is 44.2 Å². The van der Waals surface area contributed by atoms with Gasteiger partial charge < -0.3 is 19.2 Å². The number of nitrogens with one attached hydrogen (secondary N) is 1. The molecule has 0 aliphatic carbocycles. The Balaban J connectivity index is 2.29. The van der Waals surface area contributed by atoms with Gasteiger partial charge in [-0.05, 0) is 36.4 Å². The number of benzene rings is 2. The van der Waals surface area contributed by atoms with E-state index in [0.29, 0.717) is 33.7 Å². The Morgan fingerprint density at radius 3 is 2.44 bits per heavy atom. The minimum Gasteiger partial charge on any atom is -0.493 e. The Bertz CT molecular complexity index is 999. The first-order valence-corrected chi connectivity index (χ1v) is 7.49. The van der Waals surface area contributed by atoms with Gasteiger partial charge >= 0.3 is 5.97 Å². The summed E-state index contributed by atoms with van der Waals surface area (Å²) in [6.07, 6.45) is 0. The van der Waals surface area contributed by atoms with Crippen molar-refractivity contribution in [1.29, 1.82) is 5.26 Å². The lowest BCUT2D eigenvalue weighted by atomic mass is 10.0. The summed E-state index contributed by atoms with van der Waals surface area (Å²) in [5, 5.41) is 9.76. The Labute approximate surface area is 144 Å². The fourth-order valence-corrected chi connectivity index (χ4v) is 2.78. The van der Waals surface area contributed by atoms with Crippen LogP contribution in [0.2, 0.25) is 0 Å². The number of aromatic amines is 1. The predicted octanol–water partition coefficient (Wildman–Crippen LogP) is 3.51. The largest absolute Gasteiger partial charge is 0.493 e. The summed E-state index contributed by atoms with van der Waals surface area (Å²) >= 11 is 0. The Kier molecular flexibility index (Phi) is 4.31. The number of esters is 1. The highest BCUT2D eigenvalue weighted by molar-refractivity contribution is 6.10. The van der Waals surface area contributed by atoms with E-state index in [9.17, 15) is 4.79 Å². The molecule has 3 aromatic rings. The summed E-state index contributed by atoms with van der Waals surface area (Å²) in [7, 11) is 4.44. The number of hydrogen-bond donors (Lipinski definition) is 1. The molecule has 1 heterocycles. The molecule has 0 unspecified atom stereocenters. The molecule has 0 aliphatic heterocycles. The Morgan fingerprint density at radius 2 is 1.80 bits per heavy atom. The first-order chi connectivity index (χ1) is 12.1. The van der Waals surface area contributed by atoms with Gasteiger partial charge in [-0.15, -0.1) is 0 Å². The lowest BCUT2D eigenvalue weighted by Crippen LogP contribution is -2.02. The molecule has 6 heteroatoms. The highest BCUT2D eigenvalue weighted by atomic mass is 16.5. The average molecular weight is 336 g/mol. The highest BCUT2D eigenvalue weighted by Crippen LogP contribution is 2.36. The molecule has 0 bridgehead atoms. The molecule has 3 rings (SSSR count). The van der Waals surface area contributed by atoms with Crippen molar-refractivity contribution in [1.82, 2.24) is 4.98 Å². The fraction of sp³-hybridized carbons (Fsp3) is 0.158. The van der Waals surface area contributed by atoms with E-state index >= 15 is 0 Å². The number of nitriles is 1. The lowest BCUT2D eigenvalue weighted by molar-refractivity contribution is 0.0604. The van der Waals surface area contributed by atoms with E-state index in [1.54, 1.807) is 44.6 Å². The van der Waals surface area contributed by atoms with Gasteiger partial charge in [0.15, 0.2) is 11.5 Å². The van der Waals surface area contributed by atoms with Crippen LogP contribution in [0.15, 0.2) is 36.4 Å². The van der Waals surface area contributed by atoms with Crippen molar-refractivity contribution < 1.29 is 19.0 Å². The van der Waals surface area contributed by atoms with Crippen molar-refractivity contribution >= 4 is 16.9 Å². The summed E-state index contributed by atoms with van der Waals surface area (Å²) in [5.74, 6) is 0.659. The van der Waals surface area contributed by atoms with E-state index in [0.717, 1.165) is 11.1 Å². The number of aromatic nitrogens is 1. The van der Waals surface area contributed by atoms with Crippen LogP contribution < -0.4 is 9.47 Å². The lowest BCUT2D eigenvalue weighted by Gasteiger charge is -2.10. The molecular formula is C19H16N2O4. The van der Waals surface area contributed by atoms with E-state index in [-0.39, 0.29) is 0 Å². The van der Waals surface area contributed by atoms with Crippen molar-refractivity contribution in [2.45, 2.75) is 0 Å². The minimum absolute atomic E-state index is 0.377. The van der Waals surface area contributed by atoms with Crippen molar-refractivity contribution in [3.63, 3.8) is 0 Å². The van der Waals surface area contributed by atoms with Crippen LogP contribution in [0.4, 0.5) is 0 Å². The number of carbonyl (C=O) groups excluding carboxylic acids is 1. The maximum absolute atomic E-state index is 12.4. The van der Waals surface area contributed by atoms with Crippen LogP contribution in [0, 0.1) is 11.3 Å². The standard InChI is InChI=1S/C19H16N2O4/c1-23-15-7-5-12(9-16(15)24-2)18-17(19(22)25-3)13-8-11(10-20)4-6-14(13)21-18/h4-9,21H,1-3H3. The number of ether oxygens (including phenoxy) is 3. The zero-order chi connectivity index (χ0) is 18.0. The predicted molar refractivity (Wildman–Crippen MR) is 92.9 cm³/mol. The van der Waals surface area contributed by atoms with Gasteiger partial charge in [0.25, 0.3) is 0 Å². The maximum Gasteiger partial charge on any atom is 0.340 e.